The SMILES string of the molecule is Cc1nn2c(nnc3c(=O)n([C@@H]4CCC[C@H](C)[C@@H]4C)ccc32)c1-c1ccc(Cl)cc1. The van der Waals surface area contributed by atoms with Crippen LogP contribution in [0.15, 0.2) is 41.3 Å². The highest BCUT2D eigenvalue weighted by atomic mass is 35.5. The van der Waals surface area contributed by atoms with Crippen LogP contribution >= 0.6 is 11.6 Å². The van der Waals surface area contributed by atoms with Crippen molar-refractivity contribution in [1.82, 2.24) is 24.4 Å². The van der Waals surface area contributed by atoms with Gasteiger partial charge in [0.15, 0.2) is 11.2 Å². The molecule has 1 aliphatic rings. The molecule has 5 rings (SSSR count). The Hall–Kier alpha value is -2.73. The summed E-state index contributed by atoms with van der Waals surface area (Å²) in [5.74, 6) is 1.06. The van der Waals surface area contributed by atoms with Crippen molar-refractivity contribution in [1.29, 1.82) is 0 Å². The fraction of sp³-hybridized carbons (Fsp3) is 0.391. The van der Waals surface area contributed by atoms with E-state index in [0.29, 0.717) is 33.5 Å². The molecule has 0 radical (unpaired) electrons. The normalized spacial score (nSPS) is 22.1. The molecular weight excluding hydrogens is 398 g/mol. The summed E-state index contributed by atoms with van der Waals surface area (Å²) >= 11 is 6.04. The molecule has 4 aromatic rings. The molecule has 7 heteroatoms. The van der Waals surface area contributed by atoms with Crippen LogP contribution in [0.25, 0.3) is 27.8 Å². The lowest BCUT2D eigenvalue weighted by Gasteiger charge is -2.35. The summed E-state index contributed by atoms with van der Waals surface area (Å²) in [6, 6.07) is 9.73. The molecule has 3 heterocycles. The Labute approximate surface area is 179 Å². The van der Waals surface area contributed by atoms with E-state index in [1.807, 2.05) is 48.0 Å². The molecule has 1 aliphatic carbocycles. The second-order valence-corrected chi connectivity index (χ2v) is 8.94. The van der Waals surface area contributed by atoms with Gasteiger partial charge in [-0.3, -0.25) is 4.79 Å². The molecule has 3 atom stereocenters. The molecule has 1 fully saturated rings. The van der Waals surface area contributed by atoms with Crippen molar-refractivity contribution < 1.29 is 0 Å². The van der Waals surface area contributed by atoms with Gasteiger partial charge < -0.3 is 4.57 Å². The lowest BCUT2D eigenvalue weighted by Crippen LogP contribution is -2.34. The van der Waals surface area contributed by atoms with Gasteiger partial charge in [0.2, 0.25) is 0 Å². The van der Waals surface area contributed by atoms with E-state index in [1.165, 1.54) is 6.42 Å². The van der Waals surface area contributed by atoms with Gasteiger partial charge in [0, 0.05) is 17.3 Å². The first-order valence-corrected chi connectivity index (χ1v) is 10.9. The first kappa shape index (κ1) is 19.2. The van der Waals surface area contributed by atoms with Gasteiger partial charge in [0.1, 0.15) is 5.52 Å². The fourth-order valence-corrected chi connectivity index (χ4v) is 4.96. The van der Waals surface area contributed by atoms with Crippen molar-refractivity contribution in [2.75, 3.05) is 0 Å². The lowest BCUT2D eigenvalue weighted by molar-refractivity contribution is 0.183. The number of benzene rings is 1. The Balaban J connectivity index is 1.68. The van der Waals surface area contributed by atoms with Gasteiger partial charge in [-0.05, 0) is 48.9 Å². The number of nitrogens with zero attached hydrogens (tertiary/aromatic N) is 5. The van der Waals surface area contributed by atoms with Crippen molar-refractivity contribution in [2.24, 2.45) is 11.8 Å². The van der Waals surface area contributed by atoms with Crippen LogP contribution in [0, 0.1) is 18.8 Å². The van der Waals surface area contributed by atoms with Crippen molar-refractivity contribution in [2.45, 2.75) is 46.1 Å². The van der Waals surface area contributed by atoms with Gasteiger partial charge in [-0.1, -0.05) is 50.4 Å². The maximum absolute atomic E-state index is 13.3. The standard InChI is InChI=1S/C23H24ClN5O/c1-13-5-4-6-18(14(13)2)28-12-11-19-21(23(28)30)25-26-22-20(15(3)27-29(19)22)16-7-9-17(24)10-8-16/h7-14,18H,4-6H2,1-3H3/t13-,14-,18+/m0/s1. The van der Waals surface area contributed by atoms with Gasteiger partial charge >= 0.3 is 0 Å². The van der Waals surface area contributed by atoms with E-state index in [1.54, 1.807) is 4.52 Å². The molecule has 0 N–H and O–H groups in total. The number of rotatable bonds is 2. The molecule has 3 aromatic heterocycles. The third-order valence-corrected chi connectivity index (χ3v) is 6.99. The van der Waals surface area contributed by atoms with Crippen molar-refractivity contribution in [3.8, 4) is 11.1 Å². The Morgan fingerprint density at radius 3 is 2.60 bits per heavy atom. The number of aromatic nitrogens is 5. The maximum Gasteiger partial charge on any atom is 0.280 e. The van der Waals surface area contributed by atoms with Crippen LogP contribution in [-0.4, -0.2) is 24.4 Å². The smallest absolute Gasteiger partial charge is 0.280 e. The summed E-state index contributed by atoms with van der Waals surface area (Å²) in [6.07, 6.45) is 5.30. The van der Waals surface area contributed by atoms with Crippen LogP contribution < -0.4 is 5.56 Å². The lowest BCUT2D eigenvalue weighted by atomic mass is 9.78. The molecule has 0 bridgehead atoms. The molecule has 0 saturated heterocycles. The average Bonchev–Trinajstić information content (AvgIpc) is 3.08. The molecule has 1 aromatic carbocycles. The van der Waals surface area contributed by atoms with E-state index >= 15 is 0 Å². The number of fused-ring (bicyclic) bond motifs is 3. The van der Waals surface area contributed by atoms with Crippen LogP contribution in [0.2, 0.25) is 5.02 Å². The predicted molar refractivity (Wildman–Crippen MR) is 119 cm³/mol. The quantitative estimate of drug-likeness (QED) is 0.453. The molecule has 0 unspecified atom stereocenters. The molecule has 0 spiro atoms. The molecular formula is C23H24ClN5O. The minimum Gasteiger partial charge on any atom is -0.310 e. The van der Waals surface area contributed by atoms with E-state index in [-0.39, 0.29) is 11.6 Å². The summed E-state index contributed by atoms with van der Waals surface area (Å²) in [7, 11) is 0. The summed E-state index contributed by atoms with van der Waals surface area (Å²) in [4.78, 5) is 13.3. The van der Waals surface area contributed by atoms with Gasteiger partial charge in [0.25, 0.3) is 5.56 Å². The minimum atomic E-state index is -0.0888. The summed E-state index contributed by atoms with van der Waals surface area (Å²) < 4.78 is 3.60. The Bertz CT molecular complexity index is 1310. The fourth-order valence-electron chi connectivity index (χ4n) is 4.83. The number of halogens is 1. The van der Waals surface area contributed by atoms with E-state index in [0.717, 1.165) is 29.7 Å². The predicted octanol–water partition coefficient (Wildman–Crippen LogP) is 5.07. The molecule has 0 amide bonds. The second-order valence-electron chi connectivity index (χ2n) is 8.50. The van der Waals surface area contributed by atoms with Crippen LogP contribution in [0.4, 0.5) is 0 Å². The third-order valence-electron chi connectivity index (χ3n) is 6.74. The molecule has 154 valence electrons. The monoisotopic (exact) mass is 421 g/mol. The first-order chi connectivity index (χ1) is 14.5. The Morgan fingerprint density at radius 1 is 1.07 bits per heavy atom. The topological polar surface area (TPSA) is 65.1 Å². The largest absolute Gasteiger partial charge is 0.310 e. The summed E-state index contributed by atoms with van der Waals surface area (Å²) in [5, 5.41) is 14.1. The average molecular weight is 422 g/mol. The van der Waals surface area contributed by atoms with E-state index in [2.05, 4.69) is 29.1 Å². The second kappa shape index (κ2) is 7.20. The molecule has 1 saturated carbocycles. The number of pyridine rings is 1. The summed E-state index contributed by atoms with van der Waals surface area (Å²) in [6.45, 7) is 6.46. The van der Waals surface area contributed by atoms with Crippen LogP contribution in [-0.2, 0) is 0 Å². The number of aryl methyl sites for hydroxylation is 1. The minimum absolute atomic E-state index is 0.0888. The van der Waals surface area contributed by atoms with Crippen molar-refractivity contribution in [3.63, 3.8) is 0 Å². The van der Waals surface area contributed by atoms with Crippen LogP contribution in [0.3, 0.4) is 0 Å². The van der Waals surface area contributed by atoms with Crippen LogP contribution in [0.5, 0.6) is 0 Å². The zero-order valence-electron chi connectivity index (χ0n) is 17.3. The highest BCUT2D eigenvalue weighted by Crippen LogP contribution is 2.37. The Kier molecular flexibility index (Phi) is 4.62. The van der Waals surface area contributed by atoms with Gasteiger partial charge in [-0.2, -0.15) is 5.10 Å². The van der Waals surface area contributed by atoms with Crippen LogP contribution in [0.1, 0.15) is 44.8 Å². The zero-order valence-corrected chi connectivity index (χ0v) is 18.1. The maximum atomic E-state index is 13.3. The third kappa shape index (κ3) is 2.93. The van der Waals surface area contributed by atoms with Crippen molar-refractivity contribution >= 4 is 28.3 Å². The highest BCUT2D eigenvalue weighted by Gasteiger charge is 2.29. The van der Waals surface area contributed by atoms with E-state index < -0.39 is 0 Å². The van der Waals surface area contributed by atoms with E-state index in [4.69, 9.17) is 11.6 Å². The Morgan fingerprint density at radius 2 is 1.83 bits per heavy atom. The first-order valence-electron chi connectivity index (χ1n) is 10.5. The zero-order chi connectivity index (χ0) is 21.0. The van der Waals surface area contributed by atoms with Gasteiger partial charge in [-0.15, -0.1) is 10.2 Å². The molecule has 0 aliphatic heterocycles. The molecule has 6 nitrogen and oxygen atoms in total. The summed E-state index contributed by atoms with van der Waals surface area (Å²) in [5.41, 5.74) is 4.30. The van der Waals surface area contributed by atoms with E-state index in [9.17, 15) is 4.79 Å². The van der Waals surface area contributed by atoms with Gasteiger partial charge in [0.05, 0.1) is 11.3 Å². The van der Waals surface area contributed by atoms with Crippen molar-refractivity contribution in [3.05, 3.63) is 57.6 Å². The van der Waals surface area contributed by atoms with Gasteiger partial charge in [-0.25, -0.2) is 4.52 Å². The number of hydrogen-bond donors (Lipinski definition) is 0. The molecule has 30 heavy (non-hydrogen) atoms. The number of hydrogen-bond acceptors (Lipinski definition) is 4. The highest BCUT2D eigenvalue weighted by molar-refractivity contribution is 6.30.